The molecule has 1 saturated heterocycles. The number of carbonyl (C=O) groups is 1. The monoisotopic (exact) mass is 377 g/mol. The van der Waals surface area contributed by atoms with Crippen LogP contribution in [0.15, 0.2) is 29.2 Å². The van der Waals surface area contributed by atoms with Crippen LogP contribution in [0.25, 0.3) is 10.9 Å². The Morgan fingerprint density at radius 2 is 2.04 bits per heavy atom. The second-order valence-corrected chi connectivity index (χ2v) is 8.18. The van der Waals surface area contributed by atoms with Crippen molar-refractivity contribution in [2.75, 3.05) is 6.54 Å². The molecule has 0 N–H and O–H groups in total. The van der Waals surface area contributed by atoms with Gasteiger partial charge in [-0.05, 0) is 58.7 Å². The van der Waals surface area contributed by atoms with Gasteiger partial charge in [0.05, 0.1) is 10.9 Å². The maximum atomic E-state index is 12.8. The molecule has 1 aliphatic heterocycles. The lowest BCUT2D eigenvalue weighted by Crippen LogP contribution is -2.47. The largest absolute Gasteiger partial charge is 0.444 e. The first-order valence-corrected chi connectivity index (χ1v) is 9.20. The normalized spacial score (nSPS) is 21.0. The number of likely N-dealkylation sites (tertiary alicyclic amines) is 1. The molecule has 0 spiro atoms. The van der Waals surface area contributed by atoms with E-state index in [0.29, 0.717) is 35.4 Å². The van der Waals surface area contributed by atoms with E-state index in [9.17, 15) is 9.59 Å². The number of pyridine rings is 2. The molecule has 0 aromatic carbocycles. The summed E-state index contributed by atoms with van der Waals surface area (Å²) in [5.41, 5.74) is 0.00424. The van der Waals surface area contributed by atoms with Crippen LogP contribution >= 0.6 is 11.6 Å². The zero-order valence-electron chi connectivity index (χ0n) is 15.5. The van der Waals surface area contributed by atoms with E-state index in [-0.39, 0.29) is 23.7 Å². The van der Waals surface area contributed by atoms with E-state index in [0.717, 1.165) is 0 Å². The average Bonchev–Trinajstić information content (AvgIpc) is 2.53. The van der Waals surface area contributed by atoms with Crippen LogP contribution in [0.4, 0.5) is 4.79 Å². The van der Waals surface area contributed by atoms with E-state index in [4.69, 9.17) is 16.3 Å². The Balaban J connectivity index is 1.80. The number of halogens is 1. The van der Waals surface area contributed by atoms with Crippen LogP contribution in [0.1, 0.15) is 46.6 Å². The summed E-state index contributed by atoms with van der Waals surface area (Å²) in [6.45, 7) is 8.12. The van der Waals surface area contributed by atoms with Gasteiger partial charge in [0.1, 0.15) is 10.8 Å². The number of hydrogen-bond donors (Lipinski definition) is 0. The third-order valence-electron chi connectivity index (χ3n) is 4.62. The molecule has 1 amide bonds. The van der Waals surface area contributed by atoms with Crippen molar-refractivity contribution in [1.82, 2.24) is 14.5 Å². The lowest BCUT2D eigenvalue weighted by Gasteiger charge is -2.38. The second-order valence-electron chi connectivity index (χ2n) is 7.80. The lowest BCUT2D eigenvalue weighted by molar-refractivity contribution is 0.00773. The van der Waals surface area contributed by atoms with Crippen LogP contribution in [-0.4, -0.2) is 38.7 Å². The lowest BCUT2D eigenvalue weighted by atomic mass is 9.98. The number of ether oxygens (including phenoxy) is 1. The molecule has 7 heteroatoms. The molecule has 1 aliphatic rings. The molecule has 26 heavy (non-hydrogen) atoms. The number of hydrogen-bond acceptors (Lipinski definition) is 4. The Bertz CT molecular complexity index is 888. The van der Waals surface area contributed by atoms with Gasteiger partial charge in [-0.15, -0.1) is 0 Å². The van der Waals surface area contributed by atoms with Gasteiger partial charge in [-0.25, -0.2) is 9.78 Å². The summed E-state index contributed by atoms with van der Waals surface area (Å²) in [5.74, 6) is 0. The average molecular weight is 378 g/mol. The fourth-order valence-corrected chi connectivity index (χ4v) is 3.55. The molecule has 3 rings (SSSR count). The highest BCUT2D eigenvalue weighted by atomic mass is 35.5. The molecule has 0 aliphatic carbocycles. The fraction of sp³-hybridized carbons (Fsp3) is 0.526. The molecule has 2 aromatic rings. The number of fused-ring (bicyclic) bond motifs is 1. The van der Waals surface area contributed by atoms with Crippen molar-refractivity contribution in [1.29, 1.82) is 0 Å². The Morgan fingerprint density at radius 3 is 2.69 bits per heavy atom. The molecule has 0 bridgehead atoms. The van der Waals surface area contributed by atoms with E-state index in [2.05, 4.69) is 4.98 Å². The van der Waals surface area contributed by atoms with Crippen LogP contribution in [-0.2, 0) is 4.74 Å². The van der Waals surface area contributed by atoms with Crippen molar-refractivity contribution >= 4 is 28.6 Å². The standard InChI is InChI=1S/C19H24ClN3O3/c1-12-11-13(7-9-22(12)18(25)26-19(2,3)4)23-10-8-15-14(17(23)24)5-6-16(20)21-15/h5-6,8,10,12-13H,7,9,11H2,1-4H3/t12-,13-/m1/s1. The first-order chi connectivity index (χ1) is 12.2. The maximum absolute atomic E-state index is 12.8. The number of aromatic nitrogens is 2. The van der Waals surface area contributed by atoms with Crippen molar-refractivity contribution in [3.8, 4) is 0 Å². The SMILES string of the molecule is C[C@@H]1C[C@H](n2ccc3nc(Cl)ccc3c2=O)CCN1C(=O)OC(C)(C)C. The predicted molar refractivity (Wildman–Crippen MR) is 102 cm³/mol. The highest BCUT2D eigenvalue weighted by Gasteiger charge is 2.32. The third-order valence-corrected chi connectivity index (χ3v) is 4.83. The van der Waals surface area contributed by atoms with Crippen molar-refractivity contribution < 1.29 is 9.53 Å². The Hall–Kier alpha value is -2.08. The van der Waals surface area contributed by atoms with E-state index in [1.54, 1.807) is 27.8 Å². The van der Waals surface area contributed by atoms with Gasteiger partial charge in [-0.1, -0.05) is 11.6 Å². The van der Waals surface area contributed by atoms with Crippen molar-refractivity contribution in [3.05, 3.63) is 39.9 Å². The summed E-state index contributed by atoms with van der Waals surface area (Å²) in [6.07, 6.45) is 2.88. The summed E-state index contributed by atoms with van der Waals surface area (Å²) in [6, 6.07) is 5.19. The molecule has 0 unspecified atom stereocenters. The summed E-state index contributed by atoms with van der Waals surface area (Å²) in [5, 5.41) is 0.924. The zero-order valence-corrected chi connectivity index (χ0v) is 16.3. The highest BCUT2D eigenvalue weighted by Crippen LogP contribution is 2.28. The summed E-state index contributed by atoms with van der Waals surface area (Å²) in [7, 11) is 0. The number of nitrogens with zero attached hydrogens (tertiary/aromatic N) is 3. The van der Waals surface area contributed by atoms with Gasteiger partial charge in [0, 0.05) is 24.8 Å². The minimum Gasteiger partial charge on any atom is -0.444 e. The van der Waals surface area contributed by atoms with Gasteiger partial charge in [0.15, 0.2) is 0 Å². The minimum atomic E-state index is -0.517. The van der Waals surface area contributed by atoms with E-state index >= 15 is 0 Å². The molecular formula is C19H24ClN3O3. The number of rotatable bonds is 1. The number of amides is 1. The van der Waals surface area contributed by atoms with Crippen LogP contribution in [0.5, 0.6) is 0 Å². The molecule has 0 radical (unpaired) electrons. The third kappa shape index (κ3) is 3.85. The topological polar surface area (TPSA) is 64.4 Å². The number of carbonyl (C=O) groups excluding carboxylic acids is 1. The highest BCUT2D eigenvalue weighted by molar-refractivity contribution is 6.29. The molecular weight excluding hydrogens is 354 g/mol. The molecule has 2 aromatic heterocycles. The smallest absolute Gasteiger partial charge is 0.410 e. The fourth-order valence-electron chi connectivity index (χ4n) is 3.39. The Morgan fingerprint density at radius 1 is 1.31 bits per heavy atom. The maximum Gasteiger partial charge on any atom is 0.410 e. The zero-order chi connectivity index (χ0) is 19.1. The quantitative estimate of drug-likeness (QED) is 0.704. The number of piperidine rings is 1. The van der Waals surface area contributed by atoms with Crippen molar-refractivity contribution in [2.24, 2.45) is 0 Å². The van der Waals surface area contributed by atoms with Gasteiger partial charge in [-0.2, -0.15) is 0 Å². The molecule has 2 atom stereocenters. The summed E-state index contributed by atoms with van der Waals surface area (Å²) < 4.78 is 7.23. The van der Waals surface area contributed by atoms with Crippen LogP contribution in [0, 0.1) is 0 Å². The van der Waals surface area contributed by atoms with E-state index in [1.165, 1.54) is 0 Å². The van der Waals surface area contributed by atoms with E-state index in [1.807, 2.05) is 33.8 Å². The first kappa shape index (κ1) is 18.7. The van der Waals surface area contributed by atoms with Gasteiger partial charge in [-0.3, -0.25) is 4.79 Å². The van der Waals surface area contributed by atoms with Gasteiger partial charge >= 0.3 is 6.09 Å². The Labute approximate surface area is 157 Å². The molecule has 1 fully saturated rings. The summed E-state index contributed by atoms with van der Waals surface area (Å²) >= 11 is 5.90. The van der Waals surface area contributed by atoms with Gasteiger partial charge in [0.25, 0.3) is 5.56 Å². The molecule has 3 heterocycles. The van der Waals surface area contributed by atoms with Crippen LogP contribution in [0.3, 0.4) is 0 Å². The summed E-state index contributed by atoms with van der Waals surface area (Å²) in [4.78, 5) is 31.1. The van der Waals surface area contributed by atoms with Crippen molar-refractivity contribution in [3.63, 3.8) is 0 Å². The van der Waals surface area contributed by atoms with Crippen LogP contribution < -0.4 is 5.56 Å². The first-order valence-electron chi connectivity index (χ1n) is 8.83. The second kappa shape index (κ2) is 6.91. The van der Waals surface area contributed by atoms with Crippen molar-refractivity contribution in [2.45, 2.75) is 58.2 Å². The molecule has 0 saturated carbocycles. The van der Waals surface area contributed by atoms with Gasteiger partial charge in [0.2, 0.25) is 0 Å². The van der Waals surface area contributed by atoms with Gasteiger partial charge < -0.3 is 14.2 Å². The predicted octanol–water partition coefficient (Wildman–Crippen LogP) is 4.01. The molecule has 6 nitrogen and oxygen atoms in total. The molecule has 140 valence electrons. The minimum absolute atomic E-state index is 0.00506. The Kier molecular flexibility index (Phi) is 4.97. The van der Waals surface area contributed by atoms with E-state index < -0.39 is 5.60 Å². The van der Waals surface area contributed by atoms with Crippen LogP contribution in [0.2, 0.25) is 5.15 Å².